The second-order valence-electron chi connectivity index (χ2n) is 6.02. The van der Waals surface area contributed by atoms with Crippen LogP contribution in [0.2, 0.25) is 0 Å². The fraction of sp³-hybridized carbons (Fsp3) is 0.316. The van der Waals surface area contributed by atoms with Crippen LogP contribution in [-0.4, -0.2) is 19.3 Å². The Balaban J connectivity index is 1.71. The highest BCUT2D eigenvalue weighted by Crippen LogP contribution is 2.27. The molecule has 4 heteroatoms. The molecule has 0 saturated carbocycles. The Bertz CT molecular complexity index is 894. The van der Waals surface area contributed by atoms with Crippen LogP contribution in [0.1, 0.15) is 18.4 Å². The first-order chi connectivity index (χ1) is 11.3. The molecule has 1 fully saturated rings. The van der Waals surface area contributed by atoms with Gasteiger partial charge in [0.1, 0.15) is 5.58 Å². The molecule has 23 heavy (non-hydrogen) atoms. The number of hydrogen-bond acceptors (Lipinski definition) is 4. The van der Waals surface area contributed by atoms with Crippen molar-refractivity contribution in [3.63, 3.8) is 0 Å². The van der Waals surface area contributed by atoms with Gasteiger partial charge in [-0.3, -0.25) is 0 Å². The number of benzene rings is 2. The van der Waals surface area contributed by atoms with Gasteiger partial charge in [-0.15, -0.1) is 0 Å². The van der Waals surface area contributed by atoms with E-state index in [1.807, 2.05) is 24.3 Å². The van der Waals surface area contributed by atoms with Crippen molar-refractivity contribution in [2.45, 2.75) is 25.5 Å². The molecule has 0 bridgehead atoms. The summed E-state index contributed by atoms with van der Waals surface area (Å²) in [4.78, 5) is 11.8. The lowest BCUT2D eigenvalue weighted by Gasteiger charge is -2.12. The summed E-state index contributed by atoms with van der Waals surface area (Å²) < 4.78 is 11.0. The average molecular weight is 309 g/mol. The standard InChI is InChI=1S/C19H19NO3/c21-18-10-14(11-20-12-15-5-3-9-22-15)19-16-6-2-1-4-13(16)7-8-17(19)23-18/h1-2,4,6-8,10,15,20H,3,5,9,11-12H2/t15-/m1/s1. The summed E-state index contributed by atoms with van der Waals surface area (Å²) in [5.41, 5.74) is 1.32. The molecule has 0 amide bonds. The topological polar surface area (TPSA) is 51.5 Å². The summed E-state index contributed by atoms with van der Waals surface area (Å²) in [7, 11) is 0. The van der Waals surface area contributed by atoms with E-state index < -0.39 is 0 Å². The molecule has 0 spiro atoms. The highest BCUT2D eigenvalue weighted by Gasteiger charge is 2.15. The van der Waals surface area contributed by atoms with Crippen LogP contribution >= 0.6 is 0 Å². The minimum Gasteiger partial charge on any atom is -0.423 e. The Morgan fingerprint density at radius 1 is 1.17 bits per heavy atom. The maximum Gasteiger partial charge on any atom is 0.336 e. The van der Waals surface area contributed by atoms with E-state index in [0.717, 1.165) is 47.7 Å². The zero-order valence-electron chi connectivity index (χ0n) is 12.9. The van der Waals surface area contributed by atoms with Gasteiger partial charge in [-0.25, -0.2) is 4.79 Å². The van der Waals surface area contributed by atoms with Gasteiger partial charge in [0.15, 0.2) is 0 Å². The molecule has 1 aliphatic heterocycles. The van der Waals surface area contributed by atoms with Crippen molar-refractivity contribution in [3.05, 3.63) is 58.4 Å². The monoisotopic (exact) mass is 309 g/mol. The van der Waals surface area contributed by atoms with E-state index in [-0.39, 0.29) is 11.7 Å². The fourth-order valence-corrected chi connectivity index (χ4v) is 3.33. The number of rotatable bonds is 4. The highest BCUT2D eigenvalue weighted by molar-refractivity contribution is 6.07. The first-order valence-corrected chi connectivity index (χ1v) is 8.08. The van der Waals surface area contributed by atoms with Crippen molar-refractivity contribution < 1.29 is 9.15 Å². The maximum atomic E-state index is 11.8. The third-order valence-electron chi connectivity index (χ3n) is 4.43. The van der Waals surface area contributed by atoms with E-state index in [1.54, 1.807) is 6.07 Å². The zero-order valence-corrected chi connectivity index (χ0v) is 12.9. The molecule has 3 aromatic rings. The van der Waals surface area contributed by atoms with E-state index in [0.29, 0.717) is 12.1 Å². The molecule has 0 aliphatic carbocycles. The van der Waals surface area contributed by atoms with Crippen molar-refractivity contribution in [3.8, 4) is 0 Å². The van der Waals surface area contributed by atoms with Crippen LogP contribution in [0, 0.1) is 0 Å². The normalized spacial score (nSPS) is 18.0. The van der Waals surface area contributed by atoms with Crippen LogP contribution < -0.4 is 10.9 Å². The van der Waals surface area contributed by atoms with Gasteiger partial charge in [-0.1, -0.05) is 30.3 Å². The van der Waals surface area contributed by atoms with Crippen LogP contribution in [0.4, 0.5) is 0 Å². The second-order valence-corrected chi connectivity index (χ2v) is 6.02. The lowest BCUT2D eigenvalue weighted by atomic mass is 10.0. The van der Waals surface area contributed by atoms with Crippen molar-refractivity contribution in [2.75, 3.05) is 13.2 Å². The molecule has 4 nitrogen and oxygen atoms in total. The van der Waals surface area contributed by atoms with E-state index in [1.165, 1.54) is 0 Å². The summed E-state index contributed by atoms with van der Waals surface area (Å²) >= 11 is 0. The number of ether oxygens (including phenoxy) is 1. The third-order valence-corrected chi connectivity index (χ3v) is 4.43. The van der Waals surface area contributed by atoms with Gasteiger partial charge in [0.05, 0.1) is 6.10 Å². The molecule has 1 saturated heterocycles. The summed E-state index contributed by atoms with van der Waals surface area (Å²) in [6.45, 7) is 2.30. The number of nitrogens with one attached hydrogen (secondary N) is 1. The smallest absolute Gasteiger partial charge is 0.336 e. The largest absolute Gasteiger partial charge is 0.423 e. The van der Waals surface area contributed by atoms with Crippen LogP contribution in [0.15, 0.2) is 51.7 Å². The van der Waals surface area contributed by atoms with Crippen LogP contribution in [-0.2, 0) is 11.3 Å². The lowest BCUT2D eigenvalue weighted by Crippen LogP contribution is -2.26. The summed E-state index contributed by atoms with van der Waals surface area (Å²) in [6.07, 6.45) is 2.53. The molecule has 4 rings (SSSR count). The van der Waals surface area contributed by atoms with Gasteiger partial charge in [-0.05, 0) is 35.2 Å². The Morgan fingerprint density at radius 2 is 2.09 bits per heavy atom. The molecule has 0 radical (unpaired) electrons. The van der Waals surface area contributed by atoms with Gasteiger partial charge in [-0.2, -0.15) is 0 Å². The molecular formula is C19H19NO3. The minimum atomic E-state index is -0.304. The molecule has 1 aromatic heterocycles. The molecular weight excluding hydrogens is 290 g/mol. The van der Waals surface area contributed by atoms with Crippen LogP contribution in [0.5, 0.6) is 0 Å². The fourth-order valence-electron chi connectivity index (χ4n) is 3.33. The number of hydrogen-bond donors (Lipinski definition) is 1. The predicted molar refractivity (Wildman–Crippen MR) is 90.7 cm³/mol. The quantitative estimate of drug-likeness (QED) is 0.594. The average Bonchev–Trinajstić information content (AvgIpc) is 3.07. The summed E-state index contributed by atoms with van der Waals surface area (Å²) in [5, 5.41) is 6.70. The van der Waals surface area contributed by atoms with Gasteiger partial charge in [0, 0.05) is 31.1 Å². The number of fused-ring (bicyclic) bond motifs is 3. The predicted octanol–water partition coefficient (Wildman–Crippen LogP) is 3.21. The minimum absolute atomic E-state index is 0.290. The first kappa shape index (κ1) is 14.4. The molecule has 0 unspecified atom stereocenters. The van der Waals surface area contributed by atoms with Gasteiger partial charge in [0.2, 0.25) is 0 Å². The van der Waals surface area contributed by atoms with Crippen molar-refractivity contribution in [1.82, 2.24) is 5.32 Å². The van der Waals surface area contributed by atoms with Gasteiger partial charge < -0.3 is 14.5 Å². The second kappa shape index (κ2) is 6.14. The zero-order chi connectivity index (χ0) is 15.6. The van der Waals surface area contributed by atoms with E-state index >= 15 is 0 Å². The Kier molecular flexibility index (Phi) is 3.85. The van der Waals surface area contributed by atoms with Crippen molar-refractivity contribution in [1.29, 1.82) is 0 Å². The summed E-state index contributed by atoms with van der Waals surface area (Å²) in [5.74, 6) is 0. The Morgan fingerprint density at radius 3 is 2.96 bits per heavy atom. The van der Waals surface area contributed by atoms with E-state index in [2.05, 4.69) is 17.4 Å². The molecule has 2 heterocycles. The van der Waals surface area contributed by atoms with Crippen molar-refractivity contribution in [2.24, 2.45) is 0 Å². The lowest BCUT2D eigenvalue weighted by molar-refractivity contribution is 0.110. The van der Waals surface area contributed by atoms with Crippen molar-refractivity contribution >= 4 is 21.7 Å². The highest BCUT2D eigenvalue weighted by atomic mass is 16.5. The Labute approximate surface area is 134 Å². The summed E-state index contributed by atoms with van der Waals surface area (Å²) in [6, 6.07) is 13.6. The van der Waals surface area contributed by atoms with E-state index in [9.17, 15) is 4.79 Å². The molecule has 1 atom stereocenters. The van der Waals surface area contributed by atoms with E-state index in [4.69, 9.17) is 9.15 Å². The molecule has 2 aromatic carbocycles. The Hall–Kier alpha value is -2.17. The van der Waals surface area contributed by atoms with Gasteiger partial charge >= 0.3 is 5.63 Å². The van der Waals surface area contributed by atoms with Gasteiger partial charge in [0.25, 0.3) is 0 Å². The molecule has 1 N–H and O–H groups in total. The maximum absolute atomic E-state index is 11.8. The third kappa shape index (κ3) is 2.87. The SMILES string of the molecule is O=c1cc(CNC[C@H]2CCCO2)c2c(ccc3ccccc32)o1. The molecule has 1 aliphatic rings. The van der Waals surface area contributed by atoms with Crippen LogP contribution in [0.3, 0.4) is 0 Å². The van der Waals surface area contributed by atoms with Crippen LogP contribution in [0.25, 0.3) is 21.7 Å². The first-order valence-electron chi connectivity index (χ1n) is 8.08. The molecule has 118 valence electrons.